The van der Waals surface area contributed by atoms with Gasteiger partial charge in [-0.1, -0.05) is 90.5 Å². The van der Waals surface area contributed by atoms with E-state index in [1.54, 1.807) is 0 Å². The topological polar surface area (TPSA) is 0 Å². The van der Waals surface area contributed by atoms with Crippen molar-refractivity contribution in [3.8, 4) is 22.3 Å². The monoisotopic (exact) mass is 370 g/mol. The maximum atomic E-state index is 6.21. The molecule has 0 unspecified atom stereocenters. The van der Waals surface area contributed by atoms with Crippen molar-refractivity contribution in [2.45, 2.75) is 0 Å². The molecule has 0 aliphatic rings. The summed E-state index contributed by atoms with van der Waals surface area (Å²) in [5, 5.41) is 3.35. The van der Waals surface area contributed by atoms with Crippen LogP contribution < -0.4 is 0 Å². The molecule has 0 atom stereocenters. The van der Waals surface area contributed by atoms with Crippen LogP contribution in [0.4, 0.5) is 0 Å². The molecule has 0 nitrogen and oxygen atoms in total. The zero-order valence-corrected chi connectivity index (χ0v) is 15.5. The molecule has 0 aliphatic carbocycles. The van der Waals surface area contributed by atoms with Gasteiger partial charge in [0.15, 0.2) is 0 Å². The number of hydrogen-bond donors (Lipinski definition) is 0. The first-order valence-corrected chi connectivity index (χ1v) is 9.76. The van der Waals surface area contributed by atoms with E-state index in [4.69, 9.17) is 11.6 Å². The first kappa shape index (κ1) is 15.6. The van der Waals surface area contributed by atoms with E-state index in [9.17, 15) is 0 Å². The molecule has 0 fully saturated rings. The summed E-state index contributed by atoms with van der Waals surface area (Å²) in [5.74, 6) is 0. The Kier molecular flexibility index (Phi) is 3.77. The molecule has 0 N–H and O–H groups in total. The van der Waals surface area contributed by atoms with Crippen molar-refractivity contribution in [2.24, 2.45) is 0 Å². The average molecular weight is 371 g/mol. The van der Waals surface area contributed by atoms with E-state index in [0.29, 0.717) is 0 Å². The van der Waals surface area contributed by atoms with Crippen molar-refractivity contribution in [3.63, 3.8) is 0 Å². The quantitative estimate of drug-likeness (QED) is 0.295. The molecule has 5 rings (SSSR count). The van der Waals surface area contributed by atoms with E-state index in [0.717, 1.165) is 5.02 Å². The van der Waals surface area contributed by atoms with Crippen molar-refractivity contribution in [3.05, 3.63) is 96.0 Å². The van der Waals surface area contributed by atoms with E-state index in [-0.39, 0.29) is 0 Å². The van der Waals surface area contributed by atoms with Crippen LogP contribution in [0.15, 0.2) is 91.0 Å². The lowest BCUT2D eigenvalue weighted by atomic mass is 9.94. The number of benzene rings is 4. The van der Waals surface area contributed by atoms with Crippen LogP contribution in [0.1, 0.15) is 0 Å². The third-order valence-electron chi connectivity index (χ3n) is 4.76. The Balaban J connectivity index is 1.82. The third-order valence-corrected chi connectivity index (χ3v) is 6.20. The Morgan fingerprint density at radius 1 is 0.577 bits per heavy atom. The summed E-state index contributed by atoms with van der Waals surface area (Å²) in [6.07, 6.45) is 0. The molecule has 124 valence electrons. The number of halogens is 1. The molecule has 5 aromatic rings. The Bertz CT molecular complexity index is 1240. The summed E-state index contributed by atoms with van der Waals surface area (Å²) in [6, 6.07) is 32.0. The number of hydrogen-bond acceptors (Lipinski definition) is 1. The fraction of sp³-hybridized carbons (Fsp3) is 0. The highest BCUT2D eigenvalue weighted by Gasteiger charge is 2.13. The Hall–Kier alpha value is -2.61. The fourth-order valence-corrected chi connectivity index (χ4v) is 5.08. The van der Waals surface area contributed by atoms with Crippen LogP contribution in [0.3, 0.4) is 0 Å². The lowest BCUT2D eigenvalue weighted by Gasteiger charge is -2.11. The van der Waals surface area contributed by atoms with Gasteiger partial charge in [0.05, 0.1) is 0 Å². The van der Waals surface area contributed by atoms with Crippen molar-refractivity contribution < 1.29 is 0 Å². The van der Waals surface area contributed by atoms with Gasteiger partial charge >= 0.3 is 0 Å². The minimum absolute atomic E-state index is 0.787. The van der Waals surface area contributed by atoms with Crippen molar-refractivity contribution in [2.75, 3.05) is 0 Å². The van der Waals surface area contributed by atoms with Crippen LogP contribution in [-0.2, 0) is 0 Å². The van der Waals surface area contributed by atoms with Crippen molar-refractivity contribution in [1.29, 1.82) is 0 Å². The predicted octanol–water partition coefficient (Wildman–Crippen LogP) is 8.04. The molecule has 0 saturated carbocycles. The van der Waals surface area contributed by atoms with Gasteiger partial charge in [0, 0.05) is 30.8 Å². The van der Waals surface area contributed by atoms with Crippen LogP contribution in [-0.4, -0.2) is 0 Å². The van der Waals surface area contributed by atoms with Crippen LogP contribution in [0.2, 0.25) is 5.02 Å². The first-order chi connectivity index (χ1) is 12.8. The summed E-state index contributed by atoms with van der Waals surface area (Å²) in [7, 11) is 0. The highest BCUT2D eigenvalue weighted by molar-refractivity contribution is 7.26. The molecule has 1 aromatic heterocycles. The van der Waals surface area contributed by atoms with Crippen LogP contribution in [0.5, 0.6) is 0 Å². The minimum Gasteiger partial charge on any atom is -0.134 e. The molecule has 0 spiro atoms. The molecular weight excluding hydrogens is 356 g/mol. The third kappa shape index (κ3) is 2.52. The summed E-state index contributed by atoms with van der Waals surface area (Å²) in [4.78, 5) is 0. The predicted molar refractivity (Wildman–Crippen MR) is 115 cm³/mol. The highest BCUT2D eigenvalue weighted by Crippen LogP contribution is 2.43. The molecule has 0 radical (unpaired) electrons. The normalized spacial score (nSPS) is 11.3. The second-order valence-electron chi connectivity index (χ2n) is 6.34. The summed E-state index contributed by atoms with van der Waals surface area (Å²) < 4.78 is 2.55. The molecule has 0 aliphatic heterocycles. The second kappa shape index (κ2) is 6.28. The second-order valence-corrected chi connectivity index (χ2v) is 7.83. The summed E-state index contributed by atoms with van der Waals surface area (Å²) in [5.41, 5.74) is 5.04. The van der Waals surface area contributed by atoms with Crippen LogP contribution in [0, 0.1) is 0 Å². The van der Waals surface area contributed by atoms with Gasteiger partial charge in [0.25, 0.3) is 0 Å². The molecule has 2 heteroatoms. The summed E-state index contributed by atoms with van der Waals surface area (Å²) in [6.45, 7) is 0. The molecule has 0 bridgehead atoms. The molecule has 0 saturated heterocycles. The van der Waals surface area contributed by atoms with E-state index in [1.165, 1.54) is 42.4 Å². The van der Waals surface area contributed by atoms with Gasteiger partial charge in [-0.2, -0.15) is 0 Å². The zero-order chi connectivity index (χ0) is 17.5. The highest BCUT2D eigenvalue weighted by atomic mass is 35.5. The van der Waals surface area contributed by atoms with Crippen molar-refractivity contribution in [1.82, 2.24) is 0 Å². The summed E-state index contributed by atoms with van der Waals surface area (Å²) >= 11 is 8.03. The zero-order valence-electron chi connectivity index (χ0n) is 13.9. The maximum absolute atomic E-state index is 6.21. The van der Waals surface area contributed by atoms with Gasteiger partial charge in [-0.05, 0) is 28.8 Å². The van der Waals surface area contributed by atoms with Gasteiger partial charge in [-0.25, -0.2) is 0 Å². The standard InChI is InChI=1S/C24H15ClS/c25-17-13-14-20-22-12-6-11-21(24(22)26-23(20)15-17)19-10-5-4-9-18(19)16-7-2-1-3-8-16/h1-15H. The number of thiophene rings is 1. The van der Waals surface area contributed by atoms with Crippen LogP contribution in [0.25, 0.3) is 42.4 Å². The maximum Gasteiger partial charge on any atom is 0.0434 e. The largest absolute Gasteiger partial charge is 0.134 e. The van der Waals surface area contributed by atoms with Gasteiger partial charge < -0.3 is 0 Å². The van der Waals surface area contributed by atoms with Gasteiger partial charge in [0.1, 0.15) is 0 Å². The van der Waals surface area contributed by atoms with Gasteiger partial charge in [0.2, 0.25) is 0 Å². The molecule has 0 amide bonds. The first-order valence-electron chi connectivity index (χ1n) is 8.57. The van der Waals surface area contributed by atoms with Gasteiger partial charge in [-0.3, -0.25) is 0 Å². The molecular formula is C24H15ClS. The molecule has 26 heavy (non-hydrogen) atoms. The molecule has 4 aromatic carbocycles. The Labute approximate surface area is 161 Å². The van der Waals surface area contributed by atoms with E-state index in [2.05, 4.69) is 84.9 Å². The number of fused-ring (bicyclic) bond motifs is 3. The minimum atomic E-state index is 0.787. The van der Waals surface area contributed by atoms with Gasteiger partial charge in [-0.15, -0.1) is 11.3 Å². The lowest BCUT2D eigenvalue weighted by molar-refractivity contribution is 1.60. The number of rotatable bonds is 2. The molecule has 1 heterocycles. The lowest BCUT2D eigenvalue weighted by Crippen LogP contribution is -1.85. The fourth-order valence-electron chi connectivity index (χ4n) is 3.57. The smallest absolute Gasteiger partial charge is 0.0434 e. The SMILES string of the molecule is Clc1ccc2c(c1)sc1c(-c3ccccc3-c3ccccc3)cccc12. The van der Waals surface area contributed by atoms with E-state index >= 15 is 0 Å². The van der Waals surface area contributed by atoms with E-state index in [1.807, 2.05) is 17.4 Å². The Morgan fingerprint density at radius 3 is 2.15 bits per heavy atom. The van der Waals surface area contributed by atoms with Crippen molar-refractivity contribution >= 4 is 43.1 Å². The Morgan fingerprint density at radius 2 is 1.31 bits per heavy atom. The van der Waals surface area contributed by atoms with E-state index < -0.39 is 0 Å². The van der Waals surface area contributed by atoms with Crippen LogP contribution >= 0.6 is 22.9 Å². The average Bonchev–Trinajstić information content (AvgIpc) is 3.06.